The summed E-state index contributed by atoms with van der Waals surface area (Å²) in [5.41, 5.74) is 2.76. The quantitative estimate of drug-likeness (QED) is 0.623. The maximum absolute atomic E-state index is 15.2. The van der Waals surface area contributed by atoms with Gasteiger partial charge < -0.3 is 10.0 Å². The Bertz CT molecular complexity index is 1290. The second-order valence-corrected chi connectivity index (χ2v) is 8.01. The van der Waals surface area contributed by atoms with Crippen molar-refractivity contribution in [3.8, 4) is 5.69 Å². The molecule has 4 rings (SSSR count). The SMILES string of the molecule is C=C(C)[C@@H]1CN(c2ccccc2C)C(=O)c2cc(F)c(-n3nc(CO)n(CC)c3=O)cc21. The highest BCUT2D eigenvalue weighted by molar-refractivity contribution is 6.09. The molecule has 0 saturated carbocycles. The lowest BCUT2D eigenvalue weighted by Crippen LogP contribution is -2.41. The van der Waals surface area contributed by atoms with Crippen molar-refractivity contribution >= 4 is 11.6 Å². The van der Waals surface area contributed by atoms with Gasteiger partial charge in [0.25, 0.3) is 5.91 Å². The van der Waals surface area contributed by atoms with Crippen LogP contribution in [-0.2, 0) is 13.2 Å². The summed E-state index contributed by atoms with van der Waals surface area (Å²) >= 11 is 0. The molecule has 1 aromatic heterocycles. The number of anilines is 1. The number of rotatable bonds is 5. The maximum atomic E-state index is 15.2. The van der Waals surface area contributed by atoms with Gasteiger partial charge in [-0.15, -0.1) is 5.10 Å². The molecule has 2 aromatic carbocycles. The Morgan fingerprint density at radius 3 is 2.56 bits per heavy atom. The summed E-state index contributed by atoms with van der Waals surface area (Å²) in [6.45, 7) is 9.82. The van der Waals surface area contributed by atoms with Crippen molar-refractivity contribution < 1.29 is 14.3 Å². The van der Waals surface area contributed by atoms with Crippen LogP contribution in [0.4, 0.5) is 10.1 Å². The van der Waals surface area contributed by atoms with Gasteiger partial charge in [-0.2, -0.15) is 4.68 Å². The molecule has 166 valence electrons. The van der Waals surface area contributed by atoms with Gasteiger partial charge in [-0.05, 0) is 50.1 Å². The largest absolute Gasteiger partial charge is 0.388 e. The molecule has 0 fully saturated rings. The molecule has 0 bridgehead atoms. The van der Waals surface area contributed by atoms with Crippen molar-refractivity contribution in [1.29, 1.82) is 0 Å². The van der Waals surface area contributed by atoms with Gasteiger partial charge in [-0.25, -0.2) is 9.18 Å². The Hall–Kier alpha value is -3.52. The van der Waals surface area contributed by atoms with E-state index in [1.807, 2.05) is 38.1 Å². The van der Waals surface area contributed by atoms with E-state index >= 15 is 4.39 Å². The van der Waals surface area contributed by atoms with E-state index in [1.165, 1.54) is 16.7 Å². The zero-order valence-corrected chi connectivity index (χ0v) is 18.3. The standard InChI is InChI=1S/C24H25FN4O3/c1-5-27-22(13-30)26-29(24(27)32)21-11-16-17(10-19(21)25)23(31)28(12-18(16)14(2)3)20-9-7-6-8-15(20)4/h6-11,18,30H,2,5,12-13H2,1,3-4H3/t18-/m0/s1. The van der Waals surface area contributed by atoms with E-state index in [0.717, 1.165) is 21.5 Å². The van der Waals surface area contributed by atoms with E-state index in [2.05, 4.69) is 11.7 Å². The molecule has 1 N–H and O–H groups in total. The topological polar surface area (TPSA) is 80.4 Å². The molecule has 32 heavy (non-hydrogen) atoms. The number of aromatic nitrogens is 3. The van der Waals surface area contributed by atoms with Gasteiger partial charge in [0.2, 0.25) is 0 Å². The first-order valence-electron chi connectivity index (χ1n) is 10.4. The predicted molar refractivity (Wildman–Crippen MR) is 120 cm³/mol. The third kappa shape index (κ3) is 3.36. The first-order chi connectivity index (χ1) is 15.3. The number of aliphatic hydroxyl groups is 1. The Morgan fingerprint density at radius 1 is 1.25 bits per heavy atom. The smallest absolute Gasteiger partial charge is 0.350 e. The summed E-state index contributed by atoms with van der Waals surface area (Å²) in [5, 5.41) is 13.6. The molecule has 2 heterocycles. The third-order valence-corrected chi connectivity index (χ3v) is 5.96. The van der Waals surface area contributed by atoms with Crippen LogP contribution in [0, 0.1) is 12.7 Å². The molecular weight excluding hydrogens is 411 g/mol. The molecule has 1 amide bonds. The number of carbonyl (C=O) groups is 1. The number of amides is 1. The van der Waals surface area contributed by atoms with Gasteiger partial charge in [0.1, 0.15) is 18.1 Å². The van der Waals surface area contributed by atoms with Gasteiger partial charge >= 0.3 is 5.69 Å². The van der Waals surface area contributed by atoms with E-state index in [4.69, 9.17) is 0 Å². The van der Waals surface area contributed by atoms with E-state index in [1.54, 1.807) is 11.8 Å². The highest BCUT2D eigenvalue weighted by Crippen LogP contribution is 2.37. The third-order valence-electron chi connectivity index (χ3n) is 5.96. The Kier molecular flexibility index (Phi) is 5.56. The lowest BCUT2D eigenvalue weighted by molar-refractivity contribution is 0.0977. The number of hydrogen-bond acceptors (Lipinski definition) is 4. The lowest BCUT2D eigenvalue weighted by Gasteiger charge is -2.35. The number of halogens is 1. The summed E-state index contributed by atoms with van der Waals surface area (Å²) in [6, 6.07) is 10.2. The van der Waals surface area contributed by atoms with Gasteiger partial charge in [-0.3, -0.25) is 9.36 Å². The summed E-state index contributed by atoms with van der Waals surface area (Å²) in [7, 11) is 0. The maximum Gasteiger partial charge on any atom is 0.350 e. The Labute approximate surface area is 185 Å². The molecule has 1 atom stereocenters. The van der Waals surface area contributed by atoms with Crippen molar-refractivity contribution in [2.24, 2.45) is 0 Å². The van der Waals surface area contributed by atoms with Gasteiger partial charge in [0.05, 0.1) is 0 Å². The number of benzene rings is 2. The monoisotopic (exact) mass is 436 g/mol. The van der Waals surface area contributed by atoms with E-state index in [-0.39, 0.29) is 28.9 Å². The first-order valence-corrected chi connectivity index (χ1v) is 10.4. The lowest BCUT2D eigenvalue weighted by atomic mass is 9.84. The van der Waals surface area contributed by atoms with Gasteiger partial charge in [0.15, 0.2) is 5.82 Å². The second kappa shape index (κ2) is 8.20. The van der Waals surface area contributed by atoms with Crippen molar-refractivity contribution in [2.45, 2.75) is 39.8 Å². The van der Waals surface area contributed by atoms with E-state index in [9.17, 15) is 14.7 Å². The average Bonchev–Trinajstić information content (AvgIpc) is 3.09. The zero-order valence-electron chi connectivity index (χ0n) is 18.3. The van der Waals surface area contributed by atoms with E-state index in [0.29, 0.717) is 18.7 Å². The number of hydrogen-bond donors (Lipinski definition) is 1. The molecular formula is C24H25FN4O3. The fourth-order valence-electron chi connectivity index (χ4n) is 4.25. The molecule has 0 aliphatic carbocycles. The summed E-state index contributed by atoms with van der Waals surface area (Å²) in [6.07, 6.45) is 0. The fraction of sp³-hybridized carbons (Fsp3) is 0.292. The number of aliphatic hydroxyl groups excluding tert-OH is 1. The number of carbonyl (C=O) groups excluding carboxylic acids is 1. The highest BCUT2D eigenvalue weighted by atomic mass is 19.1. The summed E-state index contributed by atoms with van der Waals surface area (Å²) in [5.74, 6) is -1.15. The molecule has 0 radical (unpaired) electrons. The number of fused-ring (bicyclic) bond motifs is 1. The predicted octanol–water partition coefficient (Wildman–Crippen LogP) is 3.31. The van der Waals surface area contributed by atoms with Crippen LogP contribution in [0.5, 0.6) is 0 Å². The van der Waals surface area contributed by atoms with Crippen LogP contribution in [0.25, 0.3) is 5.69 Å². The molecule has 8 heteroatoms. The number of aryl methyl sites for hydroxylation is 1. The number of para-hydroxylation sites is 1. The second-order valence-electron chi connectivity index (χ2n) is 8.01. The van der Waals surface area contributed by atoms with Crippen LogP contribution >= 0.6 is 0 Å². The van der Waals surface area contributed by atoms with Crippen molar-refractivity contribution in [1.82, 2.24) is 14.3 Å². The molecule has 0 spiro atoms. The van der Waals surface area contributed by atoms with Crippen molar-refractivity contribution in [3.63, 3.8) is 0 Å². The minimum absolute atomic E-state index is 0.0564. The molecule has 0 saturated heterocycles. The Balaban J connectivity index is 1.90. The van der Waals surface area contributed by atoms with Crippen LogP contribution in [0.3, 0.4) is 0 Å². The van der Waals surface area contributed by atoms with Crippen LogP contribution in [-0.4, -0.2) is 31.9 Å². The summed E-state index contributed by atoms with van der Waals surface area (Å²) < 4.78 is 17.5. The molecule has 7 nitrogen and oxygen atoms in total. The Morgan fingerprint density at radius 2 is 1.97 bits per heavy atom. The molecule has 1 aliphatic rings. The fourth-order valence-corrected chi connectivity index (χ4v) is 4.25. The van der Waals surface area contributed by atoms with Crippen LogP contribution < -0.4 is 10.6 Å². The minimum Gasteiger partial charge on any atom is -0.388 e. The highest BCUT2D eigenvalue weighted by Gasteiger charge is 2.35. The normalized spacial score (nSPS) is 15.7. The first kappa shape index (κ1) is 21.7. The van der Waals surface area contributed by atoms with Crippen molar-refractivity contribution in [3.05, 3.63) is 87.4 Å². The summed E-state index contributed by atoms with van der Waals surface area (Å²) in [4.78, 5) is 27.8. The van der Waals surface area contributed by atoms with Crippen LogP contribution in [0.2, 0.25) is 0 Å². The zero-order chi connectivity index (χ0) is 23.2. The minimum atomic E-state index is -0.739. The van der Waals surface area contributed by atoms with Gasteiger partial charge in [-0.1, -0.05) is 30.4 Å². The van der Waals surface area contributed by atoms with Crippen LogP contribution in [0.15, 0.2) is 53.3 Å². The van der Waals surface area contributed by atoms with Crippen molar-refractivity contribution in [2.75, 3.05) is 11.4 Å². The molecule has 1 aliphatic heterocycles. The molecule has 3 aromatic rings. The van der Waals surface area contributed by atoms with Gasteiger partial charge in [0, 0.05) is 30.3 Å². The van der Waals surface area contributed by atoms with E-state index < -0.39 is 18.1 Å². The van der Waals surface area contributed by atoms with Crippen LogP contribution in [0.1, 0.15) is 47.1 Å². The number of nitrogens with zero attached hydrogens (tertiary/aromatic N) is 4. The average molecular weight is 436 g/mol. The molecule has 0 unspecified atom stereocenters.